The van der Waals surface area contributed by atoms with E-state index >= 15 is 0 Å². The van der Waals surface area contributed by atoms with Crippen LogP contribution in [0.15, 0.2) is 70.0 Å². The minimum absolute atomic E-state index is 0.0927. The quantitative estimate of drug-likeness (QED) is 0.632. The van der Waals surface area contributed by atoms with Gasteiger partial charge in [-0.15, -0.1) is 0 Å². The highest BCUT2D eigenvalue weighted by atomic mass is 16.3. The largest absolute Gasteiger partial charge is 0.463 e. The summed E-state index contributed by atoms with van der Waals surface area (Å²) in [5.41, 5.74) is 1.32. The number of fused-ring (bicyclic) bond motifs is 1. The van der Waals surface area contributed by atoms with Gasteiger partial charge in [0, 0.05) is 0 Å². The Bertz CT molecular complexity index is 760. The van der Waals surface area contributed by atoms with Gasteiger partial charge in [-0.25, -0.2) is 0 Å². The van der Waals surface area contributed by atoms with E-state index in [1.54, 1.807) is 36.4 Å². The van der Waals surface area contributed by atoms with Crippen LogP contribution in [0.25, 0.3) is 22.1 Å². The van der Waals surface area contributed by atoms with Crippen LogP contribution >= 0.6 is 0 Å². The first-order valence-corrected chi connectivity index (χ1v) is 5.35. The van der Waals surface area contributed by atoms with Crippen molar-refractivity contribution in [3.8, 4) is 11.1 Å². The standard InChI is InChI=1S/C15H10O2/c16-15-12-8-4-5-9-14(12)17-10-13(15)11-6-2-1-3-7-11/h1-10H/i10D. The molecular formula is C15H10O2. The molecule has 2 nitrogen and oxygen atoms in total. The number of rotatable bonds is 1. The van der Waals surface area contributed by atoms with Crippen LogP contribution in [0.4, 0.5) is 0 Å². The molecule has 0 amide bonds. The SMILES string of the molecule is [2H]c1oc2ccccc2c(=O)c1-c1ccccc1. The Morgan fingerprint density at radius 1 is 0.941 bits per heavy atom. The van der Waals surface area contributed by atoms with Gasteiger partial charge in [0.1, 0.15) is 13.2 Å². The Balaban J connectivity index is 2.41. The van der Waals surface area contributed by atoms with Crippen LogP contribution in [-0.4, -0.2) is 0 Å². The minimum atomic E-state index is -0.159. The molecule has 3 aromatic rings. The predicted molar refractivity (Wildman–Crippen MR) is 67.9 cm³/mol. The van der Waals surface area contributed by atoms with E-state index in [0.29, 0.717) is 22.1 Å². The first-order chi connectivity index (χ1) is 8.77. The van der Waals surface area contributed by atoms with Crippen LogP contribution in [0, 0.1) is 0 Å². The summed E-state index contributed by atoms with van der Waals surface area (Å²) in [6.07, 6.45) is -0.0927. The first-order valence-electron chi connectivity index (χ1n) is 5.85. The fraction of sp³-hybridized carbons (Fsp3) is 0. The van der Waals surface area contributed by atoms with Gasteiger partial charge in [-0.3, -0.25) is 4.79 Å². The molecule has 2 aromatic carbocycles. The Labute approximate surface area is 99.5 Å². The minimum Gasteiger partial charge on any atom is -0.463 e. The van der Waals surface area contributed by atoms with Crippen LogP contribution in [0.2, 0.25) is 0 Å². The first kappa shape index (κ1) is 8.76. The molecule has 82 valence electrons. The van der Waals surface area contributed by atoms with Crippen molar-refractivity contribution >= 4 is 11.0 Å². The second-order valence-corrected chi connectivity index (χ2v) is 3.77. The van der Waals surface area contributed by atoms with E-state index < -0.39 is 0 Å². The van der Waals surface area contributed by atoms with E-state index in [2.05, 4.69) is 0 Å². The third-order valence-electron chi connectivity index (χ3n) is 2.68. The molecule has 0 aliphatic rings. The Hall–Kier alpha value is -2.35. The molecule has 0 unspecified atom stereocenters. The van der Waals surface area contributed by atoms with Crippen molar-refractivity contribution in [2.45, 2.75) is 0 Å². The molecule has 0 radical (unpaired) electrons. The molecule has 17 heavy (non-hydrogen) atoms. The zero-order chi connectivity index (χ0) is 12.5. The van der Waals surface area contributed by atoms with Crippen molar-refractivity contribution in [3.05, 3.63) is 71.1 Å². The van der Waals surface area contributed by atoms with Crippen molar-refractivity contribution in [1.29, 1.82) is 0 Å². The topological polar surface area (TPSA) is 30.2 Å². The molecular weight excluding hydrogens is 212 g/mol. The van der Waals surface area contributed by atoms with Crippen molar-refractivity contribution in [2.24, 2.45) is 0 Å². The zero-order valence-corrected chi connectivity index (χ0v) is 9.01. The molecule has 2 heteroatoms. The van der Waals surface area contributed by atoms with Gasteiger partial charge < -0.3 is 4.42 Å². The van der Waals surface area contributed by atoms with Crippen LogP contribution in [-0.2, 0) is 0 Å². The molecule has 0 bridgehead atoms. The number of hydrogen-bond donors (Lipinski definition) is 0. The highest BCUT2D eigenvalue weighted by Gasteiger charge is 2.07. The van der Waals surface area contributed by atoms with Gasteiger partial charge in [-0.2, -0.15) is 0 Å². The molecule has 0 saturated carbocycles. The van der Waals surface area contributed by atoms with Gasteiger partial charge in [0.2, 0.25) is 0 Å². The summed E-state index contributed by atoms with van der Waals surface area (Å²) in [7, 11) is 0. The fourth-order valence-electron chi connectivity index (χ4n) is 1.83. The molecule has 1 aromatic heterocycles. The fourth-order valence-corrected chi connectivity index (χ4v) is 1.83. The Kier molecular flexibility index (Phi) is 2.01. The van der Waals surface area contributed by atoms with E-state index in [1.165, 1.54) is 0 Å². The van der Waals surface area contributed by atoms with Crippen LogP contribution < -0.4 is 5.43 Å². The molecule has 0 aliphatic heterocycles. The van der Waals surface area contributed by atoms with E-state index in [0.717, 1.165) is 0 Å². The van der Waals surface area contributed by atoms with Crippen molar-refractivity contribution < 1.29 is 5.79 Å². The number of para-hydroxylation sites is 1. The van der Waals surface area contributed by atoms with E-state index in [4.69, 9.17) is 5.79 Å². The smallest absolute Gasteiger partial charge is 0.200 e. The van der Waals surface area contributed by atoms with Gasteiger partial charge in [0.05, 0.1) is 10.9 Å². The maximum atomic E-state index is 12.4. The summed E-state index contributed by atoms with van der Waals surface area (Å²) in [6.45, 7) is 0. The van der Waals surface area contributed by atoms with Gasteiger partial charge in [0.15, 0.2) is 5.43 Å². The highest BCUT2D eigenvalue weighted by Crippen LogP contribution is 2.18. The van der Waals surface area contributed by atoms with E-state index in [1.807, 2.05) is 18.2 Å². The van der Waals surface area contributed by atoms with Crippen LogP contribution in [0.3, 0.4) is 0 Å². The molecule has 1 heterocycles. The van der Waals surface area contributed by atoms with Crippen LogP contribution in [0.5, 0.6) is 0 Å². The third kappa shape index (κ3) is 1.64. The molecule has 3 rings (SSSR count). The van der Waals surface area contributed by atoms with Crippen molar-refractivity contribution in [2.75, 3.05) is 0 Å². The van der Waals surface area contributed by atoms with E-state index in [9.17, 15) is 4.79 Å². The molecule has 0 N–H and O–H groups in total. The second kappa shape index (κ2) is 3.91. The lowest BCUT2D eigenvalue weighted by Gasteiger charge is -2.01. The molecule has 0 aliphatic carbocycles. The average molecular weight is 223 g/mol. The van der Waals surface area contributed by atoms with Gasteiger partial charge in [-0.1, -0.05) is 42.5 Å². The van der Waals surface area contributed by atoms with Crippen molar-refractivity contribution in [3.63, 3.8) is 0 Å². The number of hydrogen-bond acceptors (Lipinski definition) is 2. The molecule has 0 saturated heterocycles. The summed E-state index contributed by atoms with van der Waals surface area (Å²) >= 11 is 0. The lowest BCUT2D eigenvalue weighted by molar-refractivity contribution is 0.604. The number of benzene rings is 2. The highest BCUT2D eigenvalue weighted by molar-refractivity contribution is 5.81. The van der Waals surface area contributed by atoms with E-state index in [-0.39, 0.29) is 11.7 Å². The summed E-state index contributed by atoms with van der Waals surface area (Å²) < 4.78 is 13.3. The Morgan fingerprint density at radius 2 is 1.65 bits per heavy atom. The molecule has 0 spiro atoms. The van der Waals surface area contributed by atoms with Gasteiger partial charge in [0.25, 0.3) is 0 Å². The molecule has 0 fully saturated rings. The zero-order valence-electron chi connectivity index (χ0n) is 10.0. The third-order valence-corrected chi connectivity index (χ3v) is 2.68. The molecule has 0 atom stereocenters. The average Bonchev–Trinajstić information content (AvgIpc) is 2.40. The lowest BCUT2D eigenvalue weighted by atomic mass is 10.1. The maximum absolute atomic E-state index is 12.4. The predicted octanol–water partition coefficient (Wildman–Crippen LogP) is 3.46. The Morgan fingerprint density at radius 3 is 2.47 bits per heavy atom. The van der Waals surface area contributed by atoms with Crippen molar-refractivity contribution in [1.82, 2.24) is 0 Å². The normalized spacial score (nSPS) is 11.4. The summed E-state index contributed by atoms with van der Waals surface area (Å²) in [5.74, 6) is 0. The lowest BCUT2D eigenvalue weighted by Crippen LogP contribution is -2.04. The monoisotopic (exact) mass is 223 g/mol. The van der Waals surface area contributed by atoms with Crippen LogP contribution in [0.1, 0.15) is 1.37 Å². The second-order valence-electron chi connectivity index (χ2n) is 3.77. The summed E-state index contributed by atoms with van der Waals surface area (Å²) in [4.78, 5) is 12.4. The summed E-state index contributed by atoms with van der Waals surface area (Å²) in [5, 5.41) is 0.507. The van der Waals surface area contributed by atoms with Gasteiger partial charge in [-0.05, 0) is 17.7 Å². The van der Waals surface area contributed by atoms with Gasteiger partial charge >= 0.3 is 0 Å². The summed E-state index contributed by atoms with van der Waals surface area (Å²) in [6, 6.07) is 16.1. The maximum Gasteiger partial charge on any atom is 0.200 e.